The number of fused-ring (bicyclic) bond motifs is 1. The van der Waals surface area contributed by atoms with Gasteiger partial charge in [-0.3, -0.25) is 9.72 Å². The smallest absolute Gasteiger partial charge is 0.288 e. The molecule has 0 aliphatic heterocycles. The van der Waals surface area contributed by atoms with Crippen LogP contribution in [0.2, 0.25) is 0 Å². The maximum absolute atomic E-state index is 4.79. The molecule has 0 saturated heterocycles. The average molecular weight is 321 g/mol. The Labute approximate surface area is 138 Å². The van der Waals surface area contributed by atoms with Crippen molar-refractivity contribution in [3.63, 3.8) is 0 Å². The van der Waals surface area contributed by atoms with E-state index in [4.69, 9.17) is 4.98 Å². The molecule has 3 aromatic heterocycles. The normalized spacial score (nSPS) is 11.2. The minimum atomic E-state index is 0.956. The number of benzene rings is 1. The van der Waals surface area contributed by atoms with Gasteiger partial charge in [-0.15, -0.1) is 0 Å². The van der Waals surface area contributed by atoms with Crippen LogP contribution in [-0.2, 0) is 0 Å². The summed E-state index contributed by atoms with van der Waals surface area (Å²) in [7, 11) is 0. The summed E-state index contributed by atoms with van der Waals surface area (Å²) in [4.78, 5) is 9.40. The zero-order valence-corrected chi connectivity index (χ0v) is 13.8. The SMILES string of the molecule is Cc1cccc([NH2+]c2nc(-c3c(C)nc4ccccn34)cs2)c1. The summed E-state index contributed by atoms with van der Waals surface area (Å²) in [6, 6.07) is 14.5. The third kappa shape index (κ3) is 2.65. The van der Waals surface area contributed by atoms with E-state index in [1.165, 1.54) is 11.3 Å². The summed E-state index contributed by atoms with van der Waals surface area (Å²) in [6.07, 6.45) is 2.04. The molecule has 0 bridgehead atoms. The standard InChI is InChI=1S/C18H16N4S/c1-12-6-5-7-14(10-12)20-18-21-15(11-23-18)17-13(2)19-16-8-3-4-9-22(16)17/h3-11H,1-2H3,(H,20,21)/p+1. The van der Waals surface area contributed by atoms with Gasteiger partial charge in [0.1, 0.15) is 17.0 Å². The van der Waals surface area contributed by atoms with Crippen LogP contribution in [0.15, 0.2) is 54.0 Å². The number of rotatable bonds is 3. The predicted octanol–water partition coefficient (Wildman–Crippen LogP) is 3.60. The van der Waals surface area contributed by atoms with E-state index in [-0.39, 0.29) is 0 Å². The fourth-order valence-electron chi connectivity index (χ4n) is 2.79. The number of hydrogen-bond acceptors (Lipinski definition) is 3. The van der Waals surface area contributed by atoms with Gasteiger partial charge in [0.05, 0.1) is 11.4 Å². The van der Waals surface area contributed by atoms with Crippen LogP contribution in [0.1, 0.15) is 11.3 Å². The molecule has 5 heteroatoms. The summed E-state index contributed by atoms with van der Waals surface area (Å²) in [5, 5.41) is 5.24. The highest BCUT2D eigenvalue weighted by atomic mass is 32.1. The minimum absolute atomic E-state index is 0.956. The van der Waals surface area contributed by atoms with Crippen LogP contribution in [0.3, 0.4) is 0 Å². The fraction of sp³-hybridized carbons (Fsp3) is 0.111. The topological polar surface area (TPSA) is 46.8 Å². The molecular formula is C18H17N4S+. The van der Waals surface area contributed by atoms with Gasteiger partial charge in [-0.2, -0.15) is 4.98 Å². The van der Waals surface area contributed by atoms with E-state index >= 15 is 0 Å². The first-order valence-electron chi connectivity index (χ1n) is 7.52. The first-order chi connectivity index (χ1) is 11.2. The van der Waals surface area contributed by atoms with Crippen molar-refractivity contribution in [2.75, 3.05) is 0 Å². The Hall–Kier alpha value is -2.50. The van der Waals surface area contributed by atoms with E-state index in [1.54, 1.807) is 11.3 Å². The van der Waals surface area contributed by atoms with Crippen molar-refractivity contribution in [1.29, 1.82) is 0 Å². The Balaban J connectivity index is 1.71. The molecular weight excluding hydrogens is 304 g/mol. The second-order valence-corrected chi connectivity index (χ2v) is 6.49. The van der Waals surface area contributed by atoms with Crippen LogP contribution in [-0.4, -0.2) is 14.4 Å². The van der Waals surface area contributed by atoms with Crippen molar-refractivity contribution in [3.05, 3.63) is 65.3 Å². The third-order valence-corrected chi connectivity index (χ3v) is 4.59. The van der Waals surface area contributed by atoms with Crippen molar-refractivity contribution < 1.29 is 5.32 Å². The molecule has 0 aliphatic rings. The lowest BCUT2D eigenvalue weighted by Gasteiger charge is -1.99. The van der Waals surface area contributed by atoms with Gasteiger partial charge in [0.25, 0.3) is 5.13 Å². The zero-order valence-electron chi connectivity index (χ0n) is 13.0. The predicted molar refractivity (Wildman–Crippen MR) is 93.5 cm³/mol. The largest absolute Gasteiger partial charge is 0.298 e. The van der Waals surface area contributed by atoms with E-state index in [9.17, 15) is 0 Å². The Bertz CT molecular complexity index is 984. The first kappa shape index (κ1) is 14.1. The molecule has 4 rings (SSSR count). The summed E-state index contributed by atoms with van der Waals surface area (Å²) in [5.41, 5.74) is 6.44. The Kier molecular flexibility index (Phi) is 3.44. The minimum Gasteiger partial charge on any atom is -0.298 e. The number of hydrogen-bond donors (Lipinski definition) is 1. The highest BCUT2D eigenvalue weighted by Gasteiger charge is 2.15. The lowest BCUT2D eigenvalue weighted by molar-refractivity contribution is -0.478. The molecule has 4 aromatic rings. The molecule has 0 unspecified atom stereocenters. The van der Waals surface area contributed by atoms with Crippen LogP contribution in [0.5, 0.6) is 0 Å². The van der Waals surface area contributed by atoms with Gasteiger partial charge >= 0.3 is 0 Å². The molecule has 23 heavy (non-hydrogen) atoms. The maximum atomic E-state index is 4.79. The van der Waals surface area contributed by atoms with E-state index in [0.29, 0.717) is 0 Å². The Morgan fingerprint density at radius 2 is 1.96 bits per heavy atom. The summed E-state index contributed by atoms with van der Waals surface area (Å²) < 4.78 is 2.10. The van der Waals surface area contributed by atoms with E-state index < -0.39 is 0 Å². The maximum Gasteiger partial charge on any atom is 0.288 e. The zero-order chi connectivity index (χ0) is 15.8. The second kappa shape index (κ2) is 5.61. The van der Waals surface area contributed by atoms with Crippen LogP contribution in [0, 0.1) is 13.8 Å². The van der Waals surface area contributed by atoms with Gasteiger partial charge in [-0.25, -0.2) is 4.98 Å². The Morgan fingerprint density at radius 3 is 2.83 bits per heavy atom. The molecule has 0 fully saturated rings. The van der Waals surface area contributed by atoms with Gasteiger partial charge < -0.3 is 0 Å². The van der Waals surface area contributed by atoms with E-state index in [1.807, 2.05) is 31.3 Å². The van der Waals surface area contributed by atoms with Gasteiger partial charge in [0, 0.05) is 17.6 Å². The highest BCUT2D eigenvalue weighted by Crippen LogP contribution is 2.27. The molecule has 0 atom stereocenters. The van der Waals surface area contributed by atoms with Crippen molar-refractivity contribution >= 4 is 27.8 Å². The van der Waals surface area contributed by atoms with Gasteiger partial charge in [0.15, 0.2) is 0 Å². The number of imidazole rings is 1. The number of quaternary nitrogens is 1. The lowest BCUT2D eigenvalue weighted by Crippen LogP contribution is -2.70. The molecule has 0 spiro atoms. The molecule has 4 nitrogen and oxygen atoms in total. The molecule has 3 heterocycles. The summed E-state index contributed by atoms with van der Waals surface area (Å²) >= 11 is 1.66. The fourth-order valence-corrected chi connectivity index (χ4v) is 3.54. The molecule has 0 saturated carbocycles. The Morgan fingerprint density at radius 1 is 1.04 bits per heavy atom. The number of nitrogens with zero attached hydrogens (tertiary/aromatic N) is 3. The van der Waals surface area contributed by atoms with Crippen molar-refractivity contribution in [2.24, 2.45) is 0 Å². The quantitative estimate of drug-likeness (QED) is 0.586. The molecule has 1 aromatic carbocycles. The van der Waals surface area contributed by atoms with Crippen molar-refractivity contribution in [1.82, 2.24) is 14.4 Å². The van der Waals surface area contributed by atoms with Crippen molar-refractivity contribution in [3.8, 4) is 11.4 Å². The molecule has 114 valence electrons. The number of aromatic nitrogens is 3. The molecule has 0 aliphatic carbocycles. The lowest BCUT2D eigenvalue weighted by atomic mass is 10.2. The van der Waals surface area contributed by atoms with Crippen molar-refractivity contribution in [2.45, 2.75) is 13.8 Å². The van der Waals surface area contributed by atoms with Crippen LogP contribution in [0.4, 0.5) is 10.8 Å². The van der Waals surface area contributed by atoms with Crippen LogP contribution >= 0.6 is 11.3 Å². The van der Waals surface area contributed by atoms with Crippen LogP contribution in [0.25, 0.3) is 17.0 Å². The number of nitrogens with two attached hydrogens (primary N) is 1. The van der Waals surface area contributed by atoms with E-state index in [2.05, 4.69) is 51.3 Å². The molecule has 2 N–H and O–H groups in total. The van der Waals surface area contributed by atoms with Gasteiger partial charge in [-0.05, 0) is 37.6 Å². The number of pyridine rings is 1. The average Bonchev–Trinajstić information content (AvgIpc) is 3.10. The summed E-state index contributed by atoms with van der Waals surface area (Å²) in [6.45, 7) is 4.14. The van der Waals surface area contributed by atoms with Crippen LogP contribution < -0.4 is 5.32 Å². The first-order valence-corrected chi connectivity index (χ1v) is 8.40. The summed E-state index contributed by atoms with van der Waals surface area (Å²) in [5.74, 6) is 0. The number of thiazole rings is 1. The molecule has 0 amide bonds. The monoisotopic (exact) mass is 321 g/mol. The van der Waals surface area contributed by atoms with Gasteiger partial charge in [-0.1, -0.05) is 29.5 Å². The number of aryl methyl sites for hydroxylation is 2. The van der Waals surface area contributed by atoms with E-state index in [0.717, 1.165) is 27.9 Å². The third-order valence-electron chi connectivity index (χ3n) is 3.80. The second-order valence-electron chi connectivity index (χ2n) is 5.60. The van der Waals surface area contributed by atoms with Gasteiger partial charge in [0.2, 0.25) is 0 Å². The molecule has 0 radical (unpaired) electrons. The highest BCUT2D eigenvalue weighted by molar-refractivity contribution is 7.13.